The summed E-state index contributed by atoms with van der Waals surface area (Å²) in [5.74, 6) is 0.640. The van der Waals surface area contributed by atoms with Crippen LogP contribution in [-0.4, -0.2) is 4.92 Å². The summed E-state index contributed by atoms with van der Waals surface area (Å²) in [6, 6.07) is 15.7. The number of hydrogen-bond donors (Lipinski definition) is 1. The van der Waals surface area contributed by atoms with Crippen LogP contribution in [0.1, 0.15) is 24.4 Å². The van der Waals surface area contributed by atoms with Gasteiger partial charge in [-0.25, -0.2) is 0 Å². The summed E-state index contributed by atoms with van der Waals surface area (Å²) in [5.41, 5.74) is 2.24. The fourth-order valence-electron chi connectivity index (χ4n) is 2.49. The molecule has 1 saturated carbocycles. The maximum absolute atomic E-state index is 10.9. The molecule has 5 heteroatoms. The molecule has 1 aliphatic carbocycles. The van der Waals surface area contributed by atoms with Gasteiger partial charge in [0.15, 0.2) is 0 Å². The van der Waals surface area contributed by atoms with Crippen molar-refractivity contribution < 1.29 is 4.92 Å². The van der Waals surface area contributed by atoms with E-state index >= 15 is 0 Å². The average molecular weight is 347 g/mol. The number of nitro groups is 1. The molecule has 1 N–H and O–H groups in total. The van der Waals surface area contributed by atoms with Crippen LogP contribution in [0.3, 0.4) is 0 Å². The topological polar surface area (TPSA) is 55.2 Å². The van der Waals surface area contributed by atoms with Crippen LogP contribution in [0.5, 0.6) is 0 Å². The third-order valence-electron chi connectivity index (χ3n) is 3.72. The Morgan fingerprint density at radius 3 is 2.48 bits per heavy atom. The SMILES string of the molecule is O=[N+]([O-])c1ccc(NC(c2ccccc2)C2CC2)cc1Br. The van der Waals surface area contributed by atoms with Gasteiger partial charge >= 0.3 is 0 Å². The predicted octanol–water partition coefficient (Wildman–Crippen LogP) is 4.92. The predicted molar refractivity (Wildman–Crippen MR) is 86.3 cm³/mol. The van der Waals surface area contributed by atoms with Crippen molar-refractivity contribution in [3.05, 3.63) is 68.7 Å². The molecule has 0 spiro atoms. The molecule has 108 valence electrons. The van der Waals surface area contributed by atoms with Crippen LogP contribution in [0.15, 0.2) is 53.0 Å². The van der Waals surface area contributed by atoms with Crippen molar-refractivity contribution in [2.75, 3.05) is 5.32 Å². The first-order chi connectivity index (χ1) is 10.1. The normalized spacial score (nSPS) is 15.5. The molecule has 0 aliphatic heterocycles. The minimum Gasteiger partial charge on any atom is -0.378 e. The highest BCUT2D eigenvalue weighted by Crippen LogP contribution is 2.43. The van der Waals surface area contributed by atoms with Crippen molar-refractivity contribution in [2.45, 2.75) is 18.9 Å². The van der Waals surface area contributed by atoms with Crippen LogP contribution >= 0.6 is 15.9 Å². The number of anilines is 1. The molecule has 0 radical (unpaired) electrons. The van der Waals surface area contributed by atoms with E-state index in [0.29, 0.717) is 10.4 Å². The Labute approximate surface area is 131 Å². The zero-order valence-corrected chi connectivity index (χ0v) is 12.9. The van der Waals surface area contributed by atoms with Crippen LogP contribution in [0.4, 0.5) is 11.4 Å². The molecule has 0 amide bonds. The Balaban J connectivity index is 1.84. The molecular weight excluding hydrogens is 332 g/mol. The van der Waals surface area contributed by atoms with E-state index in [1.165, 1.54) is 24.5 Å². The number of benzene rings is 2. The Kier molecular flexibility index (Phi) is 3.92. The van der Waals surface area contributed by atoms with Gasteiger partial charge in [-0.15, -0.1) is 0 Å². The first kappa shape index (κ1) is 14.1. The maximum atomic E-state index is 10.9. The van der Waals surface area contributed by atoms with Crippen LogP contribution in [0.25, 0.3) is 0 Å². The van der Waals surface area contributed by atoms with Crippen molar-refractivity contribution >= 4 is 27.3 Å². The lowest BCUT2D eigenvalue weighted by atomic mass is 10.0. The molecule has 0 heterocycles. The van der Waals surface area contributed by atoms with E-state index in [1.807, 2.05) is 18.2 Å². The Morgan fingerprint density at radius 2 is 1.90 bits per heavy atom. The van der Waals surface area contributed by atoms with E-state index in [-0.39, 0.29) is 16.7 Å². The maximum Gasteiger partial charge on any atom is 0.283 e. The molecule has 21 heavy (non-hydrogen) atoms. The van der Waals surface area contributed by atoms with Gasteiger partial charge in [-0.1, -0.05) is 30.3 Å². The lowest BCUT2D eigenvalue weighted by molar-refractivity contribution is -0.385. The lowest BCUT2D eigenvalue weighted by Crippen LogP contribution is -2.12. The number of nitrogens with one attached hydrogen (secondary N) is 1. The van der Waals surface area contributed by atoms with Gasteiger partial charge in [0, 0.05) is 11.8 Å². The second kappa shape index (κ2) is 5.85. The zero-order chi connectivity index (χ0) is 14.8. The van der Waals surface area contributed by atoms with Gasteiger partial charge in [0.25, 0.3) is 5.69 Å². The summed E-state index contributed by atoms with van der Waals surface area (Å²) < 4.78 is 0.500. The molecule has 2 aromatic carbocycles. The fraction of sp³-hybridized carbons (Fsp3) is 0.250. The van der Waals surface area contributed by atoms with Gasteiger partial charge in [0.1, 0.15) is 0 Å². The van der Waals surface area contributed by atoms with Crippen molar-refractivity contribution in [3.63, 3.8) is 0 Å². The first-order valence-corrected chi connectivity index (χ1v) is 7.70. The van der Waals surface area contributed by atoms with Crippen LogP contribution in [-0.2, 0) is 0 Å². The third-order valence-corrected chi connectivity index (χ3v) is 4.35. The van der Waals surface area contributed by atoms with Crippen LogP contribution < -0.4 is 5.32 Å². The molecule has 0 saturated heterocycles. The van der Waals surface area contributed by atoms with Crippen molar-refractivity contribution in [1.82, 2.24) is 0 Å². The lowest BCUT2D eigenvalue weighted by Gasteiger charge is -2.20. The van der Waals surface area contributed by atoms with E-state index in [2.05, 4.69) is 33.4 Å². The highest BCUT2D eigenvalue weighted by molar-refractivity contribution is 9.10. The molecule has 3 rings (SSSR count). The van der Waals surface area contributed by atoms with Crippen LogP contribution in [0.2, 0.25) is 0 Å². The van der Waals surface area contributed by atoms with E-state index < -0.39 is 0 Å². The minimum absolute atomic E-state index is 0.0863. The van der Waals surface area contributed by atoms with E-state index in [9.17, 15) is 10.1 Å². The Bertz CT molecular complexity index is 657. The average Bonchev–Trinajstić information content (AvgIpc) is 3.30. The van der Waals surface area contributed by atoms with Crippen LogP contribution in [0, 0.1) is 16.0 Å². The van der Waals surface area contributed by atoms with Gasteiger partial charge < -0.3 is 5.32 Å². The number of halogens is 1. The summed E-state index contributed by atoms with van der Waals surface area (Å²) in [6.07, 6.45) is 2.45. The van der Waals surface area contributed by atoms with E-state index in [0.717, 1.165) is 5.69 Å². The highest BCUT2D eigenvalue weighted by Gasteiger charge is 2.32. The smallest absolute Gasteiger partial charge is 0.283 e. The minimum atomic E-state index is -0.385. The molecule has 2 aromatic rings. The Hall–Kier alpha value is -1.88. The molecule has 1 unspecified atom stereocenters. The summed E-state index contributed by atoms with van der Waals surface area (Å²) in [4.78, 5) is 10.5. The van der Waals surface area contributed by atoms with Gasteiger partial charge in [-0.2, -0.15) is 0 Å². The summed E-state index contributed by atoms with van der Waals surface area (Å²) in [6.45, 7) is 0. The quantitative estimate of drug-likeness (QED) is 0.617. The second-order valence-corrected chi connectivity index (χ2v) is 6.15. The summed E-state index contributed by atoms with van der Waals surface area (Å²) >= 11 is 3.26. The van der Waals surface area contributed by atoms with E-state index in [1.54, 1.807) is 12.1 Å². The molecule has 4 nitrogen and oxygen atoms in total. The number of nitrogens with zero attached hydrogens (tertiary/aromatic N) is 1. The van der Waals surface area contributed by atoms with Crippen molar-refractivity contribution in [2.24, 2.45) is 5.92 Å². The highest BCUT2D eigenvalue weighted by atomic mass is 79.9. The summed E-state index contributed by atoms with van der Waals surface area (Å²) in [5, 5.41) is 14.4. The van der Waals surface area contributed by atoms with Gasteiger partial charge in [-0.05, 0) is 52.4 Å². The molecule has 1 atom stereocenters. The fourth-order valence-corrected chi connectivity index (χ4v) is 3.01. The van der Waals surface area contributed by atoms with Crippen molar-refractivity contribution in [3.8, 4) is 0 Å². The van der Waals surface area contributed by atoms with Crippen molar-refractivity contribution in [1.29, 1.82) is 0 Å². The first-order valence-electron chi connectivity index (χ1n) is 6.90. The molecule has 0 aromatic heterocycles. The molecule has 0 bridgehead atoms. The van der Waals surface area contributed by atoms with Gasteiger partial charge in [0.2, 0.25) is 0 Å². The molecular formula is C16H15BrN2O2. The Morgan fingerprint density at radius 1 is 1.19 bits per heavy atom. The zero-order valence-electron chi connectivity index (χ0n) is 11.3. The summed E-state index contributed by atoms with van der Waals surface area (Å²) in [7, 11) is 0. The largest absolute Gasteiger partial charge is 0.378 e. The number of hydrogen-bond acceptors (Lipinski definition) is 3. The third kappa shape index (κ3) is 3.24. The molecule has 1 aliphatic rings. The molecule has 1 fully saturated rings. The second-order valence-electron chi connectivity index (χ2n) is 5.29. The van der Waals surface area contributed by atoms with Gasteiger partial charge in [-0.3, -0.25) is 10.1 Å². The number of nitro benzene ring substituents is 1. The standard InChI is InChI=1S/C16H15BrN2O2/c17-14-10-13(8-9-15(14)19(20)21)18-16(12-6-7-12)11-4-2-1-3-5-11/h1-5,8-10,12,16,18H,6-7H2. The van der Waals surface area contributed by atoms with E-state index in [4.69, 9.17) is 0 Å². The number of rotatable bonds is 5. The van der Waals surface area contributed by atoms with Gasteiger partial charge in [0.05, 0.1) is 15.4 Å². The monoisotopic (exact) mass is 346 g/mol.